The number of piperidine rings is 1. The molecule has 0 aromatic rings. The van der Waals surface area contributed by atoms with Crippen LogP contribution in [0.3, 0.4) is 0 Å². The number of likely N-dealkylation sites (tertiary alicyclic amines) is 1. The summed E-state index contributed by atoms with van der Waals surface area (Å²) in [4.78, 5) is 5.53. The van der Waals surface area contributed by atoms with E-state index in [2.05, 4.69) is 29.1 Å². The molecule has 3 heterocycles. The molecule has 0 amide bonds. The minimum Gasteiger partial charge on any atom is -0.317 e. The van der Waals surface area contributed by atoms with Gasteiger partial charge in [0.1, 0.15) is 0 Å². The smallest absolute Gasteiger partial charge is 0.0114 e. The van der Waals surface area contributed by atoms with Gasteiger partial charge in [0.2, 0.25) is 0 Å². The van der Waals surface area contributed by atoms with Crippen LogP contribution < -0.4 is 5.32 Å². The van der Waals surface area contributed by atoms with Gasteiger partial charge in [-0.05, 0) is 64.6 Å². The fraction of sp³-hybridized carbons (Fsp3) is 1.00. The number of fused-ring (bicyclic) bond motifs is 2. The summed E-state index contributed by atoms with van der Waals surface area (Å²) < 4.78 is 0. The van der Waals surface area contributed by atoms with Gasteiger partial charge in [0.25, 0.3) is 0 Å². The molecule has 3 atom stereocenters. The third-order valence-electron chi connectivity index (χ3n) is 5.58. The van der Waals surface area contributed by atoms with E-state index >= 15 is 0 Å². The van der Waals surface area contributed by atoms with Crippen LogP contribution in [0.4, 0.5) is 0 Å². The molecule has 19 heavy (non-hydrogen) atoms. The Morgan fingerprint density at radius 2 is 1.68 bits per heavy atom. The Hall–Kier alpha value is -0.120. The highest BCUT2D eigenvalue weighted by Crippen LogP contribution is 2.36. The predicted octanol–water partition coefficient (Wildman–Crippen LogP) is 1.93. The average molecular weight is 265 g/mol. The molecule has 3 aliphatic heterocycles. The molecule has 3 unspecified atom stereocenters. The number of rotatable bonds is 5. The lowest BCUT2D eigenvalue weighted by atomic mass is 9.96. The second kappa shape index (κ2) is 6.11. The van der Waals surface area contributed by atoms with E-state index in [0.717, 1.165) is 24.0 Å². The van der Waals surface area contributed by atoms with Gasteiger partial charge in [-0.3, -0.25) is 4.90 Å². The fourth-order valence-corrected chi connectivity index (χ4v) is 4.63. The zero-order chi connectivity index (χ0) is 13.2. The normalized spacial score (nSPS) is 37.9. The lowest BCUT2D eigenvalue weighted by molar-refractivity contribution is 0.0943. The van der Waals surface area contributed by atoms with Crippen LogP contribution in [-0.2, 0) is 0 Å². The highest BCUT2D eigenvalue weighted by molar-refractivity contribution is 4.97. The molecule has 0 aromatic heterocycles. The van der Waals surface area contributed by atoms with Crippen molar-refractivity contribution in [3.05, 3.63) is 0 Å². The van der Waals surface area contributed by atoms with Gasteiger partial charge in [0.05, 0.1) is 0 Å². The number of hydrogen-bond donors (Lipinski definition) is 1. The summed E-state index contributed by atoms with van der Waals surface area (Å²) in [5.41, 5.74) is 0. The number of nitrogens with one attached hydrogen (secondary N) is 1. The van der Waals surface area contributed by atoms with E-state index in [9.17, 15) is 0 Å². The van der Waals surface area contributed by atoms with Gasteiger partial charge in [-0.25, -0.2) is 0 Å². The van der Waals surface area contributed by atoms with E-state index in [1.54, 1.807) is 0 Å². The fourth-order valence-electron chi connectivity index (χ4n) is 4.63. The molecule has 0 spiro atoms. The van der Waals surface area contributed by atoms with Crippen molar-refractivity contribution in [2.75, 3.05) is 33.2 Å². The van der Waals surface area contributed by atoms with Crippen molar-refractivity contribution in [3.63, 3.8) is 0 Å². The van der Waals surface area contributed by atoms with Crippen LogP contribution in [0, 0.1) is 5.92 Å². The van der Waals surface area contributed by atoms with Crippen molar-refractivity contribution in [2.24, 2.45) is 5.92 Å². The van der Waals surface area contributed by atoms with Crippen molar-refractivity contribution >= 4 is 0 Å². The van der Waals surface area contributed by atoms with Gasteiger partial charge >= 0.3 is 0 Å². The van der Waals surface area contributed by atoms with E-state index < -0.39 is 0 Å². The van der Waals surface area contributed by atoms with Crippen LogP contribution in [0.25, 0.3) is 0 Å². The third-order valence-corrected chi connectivity index (χ3v) is 5.58. The maximum atomic E-state index is 3.50. The Bertz CT molecular complexity index is 274. The Morgan fingerprint density at radius 1 is 1.05 bits per heavy atom. The molecule has 110 valence electrons. The lowest BCUT2D eigenvalue weighted by Crippen LogP contribution is -2.50. The van der Waals surface area contributed by atoms with Gasteiger partial charge in [-0.2, -0.15) is 0 Å². The average Bonchev–Trinajstić information content (AvgIpc) is 2.96. The van der Waals surface area contributed by atoms with Gasteiger partial charge in [-0.15, -0.1) is 0 Å². The highest BCUT2D eigenvalue weighted by atomic mass is 15.2. The second-order valence-corrected chi connectivity index (χ2v) is 7.15. The first-order valence-corrected chi connectivity index (χ1v) is 8.41. The minimum absolute atomic E-state index is 0.780. The van der Waals surface area contributed by atoms with E-state index in [1.807, 2.05) is 0 Å². The van der Waals surface area contributed by atoms with Crippen molar-refractivity contribution in [3.8, 4) is 0 Å². The molecular formula is C16H31N3. The summed E-state index contributed by atoms with van der Waals surface area (Å²) >= 11 is 0. The molecule has 3 heteroatoms. The molecule has 0 aromatic carbocycles. The van der Waals surface area contributed by atoms with Crippen LogP contribution in [0.15, 0.2) is 0 Å². The zero-order valence-corrected chi connectivity index (χ0v) is 12.8. The lowest BCUT2D eigenvalue weighted by Gasteiger charge is -2.40. The van der Waals surface area contributed by atoms with Gasteiger partial charge in [0.15, 0.2) is 0 Å². The van der Waals surface area contributed by atoms with Crippen LogP contribution in [0.5, 0.6) is 0 Å². The monoisotopic (exact) mass is 265 g/mol. The van der Waals surface area contributed by atoms with Gasteiger partial charge in [-0.1, -0.05) is 6.92 Å². The first kappa shape index (κ1) is 13.8. The largest absolute Gasteiger partial charge is 0.317 e. The third kappa shape index (κ3) is 3.14. The predicted molar refractivity (Wildman–Crippen MR) is 80.4 cm³/mol. The van der Waals surface area contributed by atoms with Crippen molar-refractivity contribution < 1.29 is 0 Å². The van der Waals surface area contributed by atoms with E-state index in [1.165, 1.54) is 64.7 Å². The number of nitrogens with zero attached hydrogens (tertiary/aromatic N) is 2. The maximum Gasteiger partial charge on any atom is 0.0114 e. The Labute approximate surface area is 118 Å². The molecule has 3 fully saturated rings. The SMILES string of the molecule is CNC1CC2CCC(C1)N2CC(C)CN1CCCC1. The van der Waals surface area contributed by atoms with Crippen LogP contribution >= 0.6 is 0 Å². The molecule has 2 bridgehead atoms. The standard InChI is InChI=1S/C16H31N3/c1-13(11-18-7-3-4-8-18)12-19-15-5-6-16(19)10-14(9-15)17-2/h13-17H,3-12H2,1-2H3. The van der Waals surface area contributed by atoms with Gasteiger partial charge < -0.3 is 10.2 Å². The van der Waals surface area contributed by atoms with Gasteiger partial charge in [0, 0.05) is 31.2 Å². The first-order valence-electron chi connectivity index (χ1n) is 8.41. The van der Waals surface area contributed by atoms with E-state index in [0.29, 0.717) is 0 Å². The quantitative estimate of drug-likeness (QED) is 0.819. The van der Waals surface area contributed by atoms with Crippen LogP contribution in [0.1, 0.15) is 45.4 Å². The molecule has 3 nitrogen and oxygen atoms in total. The van der Waals surface area contributed by atoms with Crippen LogP contribution in [-0.4, -0.2) is 61.2 Å². The summed E-state index contributed by atoms with van der Waals surface area (Å²) in [6.45, 7) is 7.81. The highest BCUT2D eigenvalue weighted by Gasteiger charge is 2.40. The molecule has 0 saturated carbocycles. The number of hydrogen-bond acceptors (Lipinski definition) is 3. The topological polar surface area (TPSA) is 18.5 Å². The van der Waals surface area contributed by atoms with Crippen LogP contribution in [0.2, 0.25) is 0 Å². The van der Waals surface area contributed by atoms with E-state index in [4.69, 9.17) is 0 Å². The Kier molecular flexibility index (Phi) is 4.45. The van der Waals surface area contributed by atoms with Crippen molar-refractivity contribution in [1.82, 2.24) is 15.1 Å². The zero-order valence-electron chi connectivity index (χ0n) is 12.8. The first-order chi connectivity index (χ1) is 9.26. The van der Waals surface area contributed by atoms with E-state index in [-0.39, 0.29) is 0 Å². The molecule has 0 radical (unpaired) electrons. The molecular weight excluding hydrogens is 234 g/mol. The Balaban J connectivity index is 1.49. The Morgan fingerprint density at radius 3 is 2.26 bits per heavy atom. The molecule has 3 aliphatic rings. The summed E-state index contributed by atoms with van der Waals surface area (Å²) in [6, 6.07) is 2.53. The molecule has 1 N–H and O–H groups in total. The van der Waals surface area contributed by atoms with Crippen molar-refractivity contribution in [1.29, 1.82) is 0 Å². The summed E-state index contributed by atoms with van der Waals surface area (Å²) in [5, 5.41) is 3.50. The summed E-state index contributed by atoms with van der Waals surface area (Å²) in [7, 11) is 2.13. The maximum absolute atomic E-state index is 3.50. The molecule has 3 saturated heterocycles. The minimum atomic E-state index is 0.780. The second-order valence-electron chi connectivity index (χ2n) is 7.15. The summed E-state index contributed by atoms with van der Waals surface area (Å²) in [6.07, 6.45) is 8.49. The van der Waals surface area contributed by atoms with Crippen molar-refractivity contribution in [2.45, 2.75) is 63.6 Å². The molecule has 0 aliphatic carbocycles. The molecule has 3 rings (SSSR count). The summed E-state index contributed by atoms with van der Waals surface area (Å²) in [5.74, 6) is 0.840.